The average Bonchev–Trinajstić information content (AvgIpc) is 2.30. The number of nitrogens with zero attached hydrogens (tertiary/aromatic N) is 2. The predicted molar refractivity (Wildman–Crippen MR) is 50.1 cm³/mol. The molecule has 62 valence electrons. The molecule has 0 radical (unpaired) electrons. The molecule has 0 aliphatic heterocycles. The van der Waals surface area contributed by atoms with E-state index in [1.165, 1.54) is 0 Å². The third-order valence-corrected chi connectivity index (χ3v) is 2.06. The quantitative estimate of drug-likeness (QED) is 0.630. The molecule has 0 saturated heterocycles. The fourth-order valence-corrected chi connectivity index (χ4v) is 1.36. The van der Waals surface area contributed by atoms with Gasteiger partial charge in [0.25, 0.3) is 0 Å². The standard InChI is InChI=1S/C8H8ClN3/c1-12-4-5-2-6(9)7(10)3-8(5)11-12/h2-4H,10H2,1H3. The van der Waals surface area contributed by atoms with Crippen LogP contribution < -0.4 is 5.73 Å². The lowest BCUT2D eigenvalue weighted by atomic mass is 10.2. The molecule has 4 heteroatoms. The number of anilines is 1. The summed E-state index contributed by atoms with van der Waals surface area (Å²) in [4.78, 5) is 0. The Morgan fingerprint density at radius 1 is 1.50 bits per heavy atom. The minimum atomic E-state index is 0.572. The number of aryl methyl sites for hydroxylation is 1. The van der Waals surface area contributed by atoms with Gasteiger partial charge in [-0.2, -0.15) is 5.10 Å². The van der Waals surface area contributed by atoms with Gasteiger partial charge in [-0.05, 0) is 12.1 Å². The third-order valence-electron chi connectivity index (χ3n) is 1.74. The van der Waals surface area contributed by atoms with E-state index < -0.39 is 0 Å². The van der Waals surface area contributed by atoms with Crippen LogP contribution in [0, 0.1) is 0 Å². The molecule has 0 amide bonds. The zero-order chi connectivity index (χ0) is 8.72. The molecule has 0 atom stereocenters. The molecule has 2 aromatic rings. The molecule has 1 aromatic heterocycles. The molecular weight excluding hydrogens is 174 g/mol. The Kier molecular flexibility index (Phi) is 1.48. The maximum absolute atomic E-state index is 5.83. The lowest BCUT2D eigenvalue weighted by Crippen LogP contribution is -1.86. The smallest absolute Gasteiger partial charge is 0.0944 e. The van der Waals surface area contributed by atoms with Crippen molar-refractivity contribution in [1.29, 1.82) is 0 Å². The fourth-order valence-electron chi connectivity index (χ4n) is 1.18. The number of rotatable bonds is 0. The van der Waals surface area contributed by atoms with E-state index >= 15 is 0 Å². The number of nitrogens with two attached hydrogens (primary N) is 1. The average molecular weight is 182 g/mol. The molecular formula is C8H8ClN3. The van der Waals surface area contributed by atoms with Gasteiger partial charge < -0.3 is 5.73 Å². The van der Waals surface area contributed by atoms with E-state index in [9.17, 15) is 0 Å². The van der Waals surface area contributed by atoms with Crippen LogP contribution in [0.1, 0.15) is 0 Å². The van der Waals surface area contributed by atoms with Gasteiger partial charge in [-0.15, -0.1) is 0 Å². The molecule has 3 nitrogen and oxygen atoms in total. The number of fused-ring (bicyclic) bond motifs is 1. The van der Waals surface area contributed by atoms with Gasteiger partial charge in [0.1, 0.15) is 0 Å². The lowest BCUT2D eigenvalue weighted by Gasteiger charge is -1.94. The second kappa shape index (κ2) is 2.38. The highest BCUT2D eigenvalue weighted by Gasteiger charge is 2.02. The molecule has 0 spiro atoms. The van der Waals surface area contributed by atoms with E-state index in [1.54, 1.807) is 10.7 Å². The van der Waals surface area contributed by atoms with Crippen molar-refractivity contribution in [2.45, 2.75) is 0 Å². The Hall–Kier alpha value is -1.22. The zero-order valence-electron chi connectivity index (χ0n) is 6.58. The highest BCUT2D eigenvalue weighted by molar-refractivity contribution is 6.33. The summed E-state index contributed by atoms with van der Waals surface area (Å²) in [6, 6.07) is 3.59. The molecule has 0 unspecified atom stereocenters. The predicted octanol–water partition coefficient (Wildman–Crippen LogP) is 1.81. The van der Waals surface area contributed by atoms with E-state index in [-0.39, 0.29) is 0 Å². The molecule has 12 heavy (non-hydrogen) atoms. The summed E-state index contributed by atoms with van der Waals surface area (Å²) in [7, 11) is 1.87. The fraction of sp³-hybridized carbons (Fsp3) is 0.125. The van der Waals surface area contributed by atoms with Crippen molar-refractivity contribution >= 4 is 28.2 Å². The second-order valence-corrected chi connectivity index (χ2v) is 3.14. The lowest BCUT2D eigenvalue weighted by molar-refractivity contribution is 0.780. The summed E-state index contributed by atoms with van der Waals surface area (Å²) in [6.45, 7) is 0. The number of hydrogen-bond acceptors (Lipinski definition) is 2. The summed E-state index contributed by atoms with van der Waals surface area (Å²) in [5.41, 5.74) is 7.06. The molecule has 1 aromatic carbocycles. The third kappa shape index (κ3) is 1.02. The van der Waals surface area contributed by atoms with Crippen molar-refractivity contribution in [1.82, 2.24) is 9.78 Å². The summed E-state index contributed by atoms with van der Waals surface area (Å²) in [5, 5.41) is 5.78. The monoisotopic (exact) mass is 181 g/mol. The van der Waals surface area contributed by atoms with Gasteiger partial charge in [0.15, 0.2) is 0 Å². The summed E-state index contributed by atoms with van der Waals surface area (Å²) >= 11 is 5.83. The first kappa shape index (κ1) is 7.43. The van der Waals surface area contributed by atoms with Crippen LogP contribution in [-0.4, -0.2) is 9.78 Å². The van der Waals surface area contributed by atoms with Crippen LogP contribution in [-0.2, 0) is 7.05 Å². The van der Waals surface area contributed by atoms with E-state index in [2.05, 4.69) is 5.10 Å². The van der Waals surface area contributed by atoms with E-state index in [1.807, 2.05) is 19.3 Å². The van der Waals surface area contributed by atoms with Crippen molar-refractivity contribution in [2.75, 3.05) is 5.73 Å². The Morgan fingerprint density at radius 3 is 3.00 bits per heavy atom. The molecule has 2 N–H and O–H groups in total. The van der Waals surface area contributed by atoms with Gasteiger partial charge in [-0.3, -0.25) is 4.68 Å². The highest BCUT2D eigenvalue weighted by Crippen LogP contribution is 2.24. The van der Waals surface area contributed by atoms with Crippen LogP contribution in [0.25, 0.3) is 10.9 Å². The van der Waals surface area contributed by atoms with E-state index in [0.29, 0.717) is 10.7 Å². The maximum atomic E-state index is 5.83. The first-order valence-corrected chi connectivity index (χ1v) is 3.93. The van der Waals surface area contributed by atoms with Gasteiger partial charge in [-0.25, -0.2) is 0 Å². The molecule has 2 rings (SSSR count). The van der Waals surface area contributed by atoms with Crippen molar-refractivity contribution in [3.8, 4) is 0 Å². The summed E-state index contributed by atoms with van der Waals surface area (Å²) in [6.07, 6.45) is 1.90. The minimum absolute atomic E-state index is 0.572. The van der Waals surface area contributed by atoms with Gasteiger partial charge in [0.05, 0.1) is 16.2 Å². The topological polar surface area (TPSA) is 43.8 Å². The van der Waals surface area contributed by atoms with Gasteiger partial charge >= 0.3 is 0 Å². The highest BCUT2D eigenvalue weighted by atomic mass is 35.5. The Morgan fingerprint density at radius 2 is 2.25 bits per heavy atom. The van der Waals surface area contributed by atoms with Crippen LogP contribution >= 0.6 is 11.6 Å². The summed E-state index contributed by atoms with van der Waals surface area (Å²) in [5.74, 6) is 0. The summed E-state index contributed by atoms with van der Waals surface area (Å²) < 4.78 is 1.74. The normalized spacial score (nSPS) is 10.8. The first-order chi connectivity index (χ1) is 5.66. The number of aromatic nitrogens is 2. The number of benzene rings is 1. The van der Waals surface area contributed by atoms with Crippen LogP contribution in [0.2, 0.25) is 5.02 Å². The number of nitrogen functional groups attached to an aromatic ring is 1. The molecule has 0 aliphatic rings. The van der Waals surface area contributed by atoms with Crippen LogP contribution in [0.5, 0.6) is 0 Å². The number of halogens is 1. The zero-order valence-corrected chi connectivity index (χ0v) is 7.34. The molecule has 0 saturated carbocycles. The largest absolute Gasteiger partial charge is 0.397 e. The van der Waals surface area contributed by atoms with Crippen molar-refractivity contribution in [3.63, 3.8) is 0 Å². The Labute approximate surface area is 74.7 Å². The van der Waals surface area contributed by atoms with Gasteiger partial charge in [0, 0.05) is 18.6 Å². The Bertz CT molecular complexity index is 394. The first-order valence-electron chi connectivity index (χ1n) is 3.55. The van der Waals surface area contributed by atoms with Crippen molar-refractivity contribution in [3.05, 3.63) is 23.4 Å². The van der Waals surface area contributed by atoms with Gasteiger partial charge in [-0.1, -0.05) is 11.6 Å². The maximum Gasteiger partial charge on any atom is 0.0944 e. The SMILES string of the molecule is Cn1cc2cc(Cl)c(N)cc2n1. The van der Waals surface area contributed by atoms with Crippen LogP contribution in [0.15, 0.2) is 18.3 Å². The number of hydrogen-bond donors (Lipinski definition) is 1. The van der Waals surface area contributed by atoms with Crippen LogP contribution in [0.3, 0.4) is 0 Å². The van der Waals surface area contributed by atoms with E-state index in [0.717, 1.165) is 10.9 Å². The van der Waals surface area contributed by atoms with E-state index in [4.69, 9.17) is 17.3 Å². The molecule has 0 aliphatic carbocycles. The van der Waals surface area contributed by atoms with Crippen LogP contribution in [0.4, 0.5) is 5.69 Å². The van der Waals surface area contributed by atoms with Gasteiger partial charge in [0.2, 0.25) is 0 Å². The Balaban J connectivity index is 2.83. The van der Waals surface area contributed by atoms with Crippen molar-refractivity contribution in [2.24, 2.45) is 7.05 Å². The molecule has 0 bridgehead atoms. The molecule has 0 fully saturated rings. The second-order valence-electron chi connectivity index (χ2n) is 2.74. The minimum Gasteiger partial charge on any atom is -0.397 e. The van der Waals surface area contributed by atoms with Crippen molar-refractivity contribution < 1.29 is 0 Å². The molecule has 1 heterocycles.